The summed E-state index contributed by atoms with van der Waals surface area (Å²) in [4.78, 5) is 27.3. The lowest BCUT2D eigenvalue weighted by Gasteiger charge is -2.13. The van der Waals surface area contributed by atoms with E-state index in [9.17, 15) is 9.59 Å². The fourth-order valence-corrected chi connectivity index (χ4v) is 3.43. The second-order valence-corrected chi connectivity index (χ2v) is 7.92. The molecule has 0 saturated heterocycles. The Morgan fingerprint density at radius 2 is 1.91 bits per heavy atom. The topological polar surface area (TPSA) is 129 Å². The lowest BCUT2D eigenvalue weighted by Crippen LogP contribution is -2.27. The molecule has 0 aliphatic heterocycles. The van der Waals surface area contributed by atoms with Crippen LogP contribution < -0.4 is 21.1 Å². The van der Waals surface area contributed by atoms with Crippen LogP contribution in [0.15, 0.2) is 36.4 Å². The number of ether oxygens (including phenoxy) is 1. The number of hydrogen-bond donors (Lipinski definition) is 5. The van der Waals surface area contributed by atoms with Gasteiger partial charge in [-0.1, -0.05) is 29.3 Å². The quantitative estimate of drug-likeness (QED) is 0.304. The van der Waals surface area contributed by atoms with Crippen LogP contribution in [0, 0.1) is 12.7 Å². The van der Waals surface area contributed by atoms with Crippen molar-refractivity contribution in [3.63, 3.8) is 0 Å². The summed E-state index contributed by atoms with van der Waals surface area (Å²) in [6, 6.07) is 8.82. The van der Waals surface area contributed by atoms with Crippen molar-refractivity contribution in [2.45, 2.75) is 13.5 Å². The third-order valence-electron chi connectivity index (χ3n) is 4.57. The molecular formula is C22H21Cl2FN4O4. The molecule has 0 atom stereocenters. The third kappa shape index (κ3) is 5.95. The molecule has 174 valence electrons. The molecule has 8 nitrogen and oxygen atoms in total. The molecule has 11 heteroatoms. The maximum absolute atomic E-state index is 15.1. The minimum absolute atomic E-state index is 0.0277. The number of halogens is 3. The number of hydrogen-bond acceptors (Lipinski definition) is 5. The van der Waals surface area contributed by atoms with E-state index in [1.807, 2.05) is 0 Å². The van der Waals surface area contributed by atoms with Crippen molar-refractivity contribution in [2.24, 2.45) is 0 Å². The van der Waals surface area contributed by atoms with E-state index in [2.05, 4.69) is 15.6 Å². The highest BCUT2D eigenvalue weighted by Gasteiger charge is 2.19. The number of aromatic amines is 1. The number of carbonyl (C=O) groups is 2. The Morgan fingerprint density at radius 3 is 2.61 bits per heavy atom. The van der Waals surface area contributed by atoms with E-state index in [0.717, 1.165) is 0 Å². The molecule has 0 unspecified atom stereocenters. The van der Waals surface area contributed by atoms with Crippen molar-refractivity contribution in [3.8, 4) is 11.5 Å². The van der Waals surface area contributed by atoms with E-state index in [-0.39, 0.29) is 53.2 Å². The lowest BCUT2D eigenvalue weighted by molar-refractivity contribution is 0.0939. The highest BCUT2D eigenvalue weighted by Crippen LogP contribution is 2.35. The molecule has 1 heterocycles. The number of H-pyrrole nitrogens is 1. The fourth-order valence-electron chi connectivity index (χ4n) is 3.01. The van der Waals surface area contributed by atoms with Crippen molar-refractivity contribution in [3.05, 3.63) is 74.8 Å². The number of carbonyl (C=O) groups excluding carboxylic acids is 2. The van der Waals surface area contributed by atoms with Crippen molar-refractivity contribution in [1.82, 2.24) is 15.6 Å². The Hall–Kier alpha value is -3.27. The minimum Gasteiger partial charge on any atom is -0.453 e. The summed E-state index contributed by atoms with van der Waals surface area (Å²) in [6.07, 6.45) is 0. The molecule has 2 amide bonds. The predicted molar refractivity (Wildman–Crippen MR) is 123 cm³/mol. The Kier molecular flexibility index (Phi) is 7.80. The number of amides is 2. The first-order chi connectivity index (χ1) is 15.7. The van der Waals surface area contributed by atoms with Gasteiger partial charge < -0.3 is 31.2 Å². The maximum atomic E-state index is 15.1. The highest BCUT2D eigenvalue weighted by molar-refractivity contribution is 6.32. The van der Waals surface area contributed by atoms with Crippen LogP contribution in [0.25, 0.3) is 0 Å². The largest absolute Gasteiger partial charge is 0.453 e. The van der Waals surface area contributed by atoms with E-state index >= 15 is 4.39 Å². The van der Waals surface area contributed by atoms with Gasteiger partial charge in [-0.05, 0) is 36.8 Å². The fraction of sp³-hybridized carbons (Fsp3) is 0.182. The van der Waals surface area contributed by atoms with Crippen LogP contribution in [0.2, 0.25) is 10.0 Å². The molecule has 0 fully saturated rings. The van der Waals surface area contributed by atoms with Crippen LogP contribution in [0.5, 0.6) is 11.5 Å². The zero-order valence-corrected chi connectivity index (χ0v) is 19.0. The zero-order valence-electron chi connectivity index (χ0n) is 17.5. The second kappa shape index (κ2) is 10.6. The number of aliphatic hydroxyl groups is 1. The second-order valence-electron chi connectivity index (χ2n) is 7.08. The van der Waals surface area contributed by atoms with Crippen LogP contribution in [-0.4, -0.2) is 35.1 Å². The van der Waals surface area contributed by atoms with E-state index < -0.39 is 17.6 Å². The summed E-state index contributed by atoms with van der Waals surface area (Å²) in [5.41, 5.74) is 7.05. The summed E-state index contributed by atoms with van der Waals surface area (Å²) in [5.74, 6) is -1.78. The van der Waals surface area contributed by atoms with Gasteiger partial charge in [0.1, 0.15) is 17.1 Å². The van der Waals surface area contributed by atoms with Crippen LogP contribution in [0.3, 0.4) is 0 Å². The van der Waals surface area contributed by atoms with Gasteiger partial charge in [-0.3, -0.25) is 9.59 Å². The summed E-state index contributed by atoms with van der Waals surface area (Å²) in [7, 11) is 0. The van der Waals surface area contributed by atoms with Crippen LogP contribution >= 0.6 is 23.2 Å². The van der Waals surface area contributed by atoms with Gasteiger partial charge in [0.05, 0.1) is 11.6 Å². The van der Waals surface area contributed by atoms with Gasteiger partial charge in [0.25, 0.3) is 11.8 Å². The number of nitrogens with one attached hydrogen (secondary N) is 3. The highest BCUT2D eigenvalue weighted by atomic mass is 35.5. The number of nitrogen functional groups attached to an aromatic ring is 1. The molecule has 0 saturated carbocycles. The van der Waals surface area contributed by atoms with Crippen molar-refractivity contribution < 1.29 is 23.8 Å². The number of aryl methyl sites for hydroxylation is 1. The molecule has 0 aliphatic carbocycles. The Bertz CT molecular complexity index is 1180. The normalized spacial score (nSPS) is 10.7. The Morgan fingerprint density at radius 1 is 1.15 bits per heavy atom. The first-order valence-corrected chi connectivity index (χ1v) is 10.5. The minimum atomic E-state index is -0.756. The van der Waals surface area contributed by atoms with Crippen molar-refractivity contribution in [1.29, 1.82) is 0 Å². The molecule has 33 heavy (non-hydrogen) atoms. The number of rotatable bonds is 8. The van der Waals surface area contributed by atoms with Crippen LogP contribution in [-0.2, 0) is 6.54 Å². The summed E-state index contributed by atoms with van der Waals surface area (Å²) in [5, 5.41) is 14.2. The average Bonchev–Trinajstić information content (AvgIpc) is 3.15. The van der Waals surface area contributed by atoms with Crippen molar-refractivity contribution >= 4 is 40.7 Å². The summed E-state index contributed by atoms with van der Waals surface area (Å²) >= 11 is 12.1. The molecule has 0 spiro atoms. The first-order valence-electron chi connectivity index (χ1n) is 9.77. The lowest BCUT2D eigenvalue weighted by atomic mass is 10.2. The zero-order chi connectivity index (χ0) is 24.1. The molecule has 2 aromatic carbocycles. The third-order valence-corrected chi connectivity index (χ3v) is 5.08. The number of aromatic nitrogens is 1. The SMILES string of the molecule is Cc1cc(C(=O)NCCO)[nH]c1C(=O)NCc1ccc(Cl)c(Oc2cc(N)cc(Cl)c2)c1F. The summed E-state index contributed by atoms with van der Waals surface area (Å²) in [6.45, 7) is 1.36. The van der Waals surface area contributed by atoms with Gasteiger partial charge in [-0.25, -0.2) is 4.39 Å². The van der Waals surface area contributed by atoms with Gasteiger partial charge in [0, 0.05) is 35.4 Å². The Labute approximate surface area is 198 Å². The van der Waals surface area contributed by atoms with Gasteiger partial charge in [-0.15, -0.1) is 0 Å². The van der Waals surface area contributed by atoms with E-state index in [1.165, 1.54) is 36.4 Å². The number of aliphatic hydroxyl groups excluding tert-OH is 1. The molecular weight excluding hydrogens is 474 g/mol. The molecule has 3 rings (SSSR count). The number of anilines is 1. The number of benzene rings is 2. The van der Waals surface area contributed by atoms with E-state index in [4.69, 9.17) is 38.8 Å². The summed E-state index contributed by atoms with van der Waals surface area (Å²) < 4.78 is 20.6. The number of nitrogens with two attached hydrogens (primary N) is 1. The maximum Gasteiger partial charge on any atom is 0.268 e. The van der Waals surface area contributed by atoms with E-state index in [0.29, 0.717) is 16.3 Å². The van der Waals surface area contributed by atoms with Crippen molar-refractivity contribution in [2.75, 3.05) is 18.9 Å². The molecule has 0 bridgehead atoms. The van der Waals surface area contributed by atoms with Gasteiger partial charge >= 0.3 is 0 Å². The molecule has 6 N–H and O–H groups in total. The molecule has 1 aromatic heterocycles. The monoisotopic (exact) mass is 494 g/mol. The van der Waals surface area contributed by atoms with Crippen LogP contribution in [0.1, 0.15) is 32.1 Å². The molecule has 0 radical (unpaired) electrons. The standard InChI is InChI=1S/C22H21Cl2FN4O4/c1-11-6-17(21(31)27-4-5-30)29-19(11)22(32)28-10-12-2-3-16(24)20(18(12)25)33-15-8-13(23)7-14(26)9-15/h2-3,6-9,29-30H,4-5,10,26H2,1H3,(H,27,31)(H,28,32). The molecule has 3 aromatic rings. The first kappa shape index (κ1) is 24.4. The van der Waals surface area contributed by atoms with E-state index in [1.54, 1.807) is 6.92 Å². The molecule has 0 aliphatic rings. The van der Waals surface area contributed by atoms with Gasteiger partial charge in [-0.2, -0.15) is 0 Å². The van der Waals surface area contributed by atoms with Gasteiger partial charge in [0.2, 0.25) is 0 Å². The Balaban J connectivity index is 1.74. The van der Waals surface area contributed by atoms with Gasteiger partial charge in [0.15, 0.2) is 11.6 Å². The predicted octanol–water partition coefficient (Wildman–Crippen LogP) is 3.80. The average molecular weight is 495 g/mol. The van der Waals surface area contributed by atoms with Crippen LogP contribution in [0.4, 0.5) is 10.1 Å². The smallest absolute Gasteiger partial charge is 0.268 e.